The van der Waals surface area contributed by atoms with E-state index < -0.39 is 16.1 Å². The van der Waals surface area contributed by atoms with Crippen LogP contribution in [0.25, 0.3) is 0 Å². The third-order valence-electron chi connectivity index (χ3n) is 3.40. The van der Waals surface area contributed by atoms with Gasteiger partial charge in [-0.15, -0.1) is 0 Å². The lowest BCUT2D eigenvalue weighted by molar-refractivity contribution is 0.133. The number of aliphatic hydroxyl groups excluding tert-OH is 1. The van der Waals surface area contributed by atoms with E-state index in [1.807, 2.05) is 0 Å². The van der Waals surface area contributed by atoms with E-state index in [0.29, 0.717) is 24.5 Å². The summed E-state index contributed by atoms with van der Waals surface area (Å²) in [6, 6.07) is 4.27. The second kappa shape index (κ2) is 5.58. The number of hydrogen-bond donors (Lipinski definition) is 1. The summed E-state index contributed by atoms with van der Waals surface area (Å²) in [6.07, 6.45) is 0.159. The molecule has 0 saturated carbocycles. The second-order valence-corrected chi connectivity index (χ2v) is 7.48. The van der Waals surface area contributed by atoms with Crippen LogP contribution in [0, 0.1) is 5.92 Å². The first-order chi connectivity index (χ1) is 8.82. The maximum Gasteiger partial charge on any atom is 0.243 e. The molecule has 7 heteroatoms. The maximum absolute atomic E-state index is 12.4. The van der Waals surface area contributed by atoms with Gasteiger partial charge in [0.15, 0.2) is 0 Å². The van der Waals surface area contributed by atoms with Gasteiger partial charge in [-0.3, -0.25) is 0 Å². The summed E-state index contributed by atoms with van der Waals surface area (Å²) in [5.74, 6) is -0.0162. The summed E-state index contributed by atoms with van der Waals surface area (Å²) in [6.45, 7) is 2.43. The summed E-state index contributed by atoms with van der Waals surface area (Å²) in [5, 5.41) is 10.1. The fourth-order valence-electron chi connectivity index (χ4n) is 2.15. The standard InChI is InChI=1S/C12H15Cl2NO3S/c1-8(16)9-4-5-15(7-9)19(17,18)10-2-3-11(13)12(14)6-10/h2-3,6,8-9,16H,4-5,7H2,1H3. The molecule has 4 nitrogen and oxygen atoms in total. The molecule has 2 rings (SSSR count). The summed E-state index contributed by atoms with van der Waals surface area (Å²) in [7, 11) is -3.57. The number of rotatable bonds is 3. The second-order valence-electron chi connectivity index (χ2n) is 4.73. The molecular formula is C12H15Cl2NO3S. The third-order valence-corrected chi connectivity index (χ3v) is 6.00. The van der Waals surface area contributed by atoms with Crippen LogP contribution < -0.4 is 0 Å². The monoisotopic (exact) mass is 323 g/mol. The minimum absolute atomic E-state index is 0.0162. The van der Waals surface area contributed by atoms with E-state index in [2.05, 4.69) is 0 Å². The molecule has 1 aliphatic rings. The van der Waals surface area contributed by atoms with E-state index >= 15 is 0 Å². The number of nitrogens with zero attached hydrogens (tertiary/aromatic N) is 1. The van der Waals surface area contributed by atoms with E-state index in [9.17, 15) is 13.5 Å². The van der Waals surface area contributed by atoms with Gasteiger partial charge in [0.2, 0.25) is 10.0 Å². The van der Waals surface area contributed by atoms with Crippen LogP contribution in [0.4, 0.5) is 0 Å². The Bertz CT molecular complexity index is 574. The van der Waals surface area contributed by atoms with Crippen molar-refractivity contribution < 1.29 is 13.5 Å². The van der Waals surface area contributed by atoms with Crippen molar-refractivity contribution in [1.82, 2.24) is 4.31 Å². The van der Waals surface area contributed by atoms with Gasteiger partial charge >= 0.3 is 0 Å². The van der Waals surface area contributed by atoms with Gasteiger partial charge < -0.3 is 5.11 Å². The van der Waals surface area contributed by atoms with Crippen LogP contribution in [0.15, 0.2) is 23.1 Å². The van der Waals surface area contributed by atoms with Crippen LogP contribution >= 0.6 is 23.2 Å². The Labute approximate surface area is 123 Å². The quantitative estimate of drug-likeness (QED) is 0.929. The highest BCUT2D eigenvalue weighted by atomic mass is 35.5. The molecule has 1 N–H and O–H groups in total. The molecule has 1 saturated heterocycles. The van der Waals surface area contributed by atoms with Gasteiger partial charge in [-0.2, -0.15) is 4.31 Å². The highest BCUT2D eigenvalue weighted by Crippen LogP contribution is 2.29. The lowest BCUT2D eigenvalue weighted by Gasteiger charge is -2.18. The molecular weight excluding hydrogens is 309 g/mol. The fraction of sp³-hybridized carbons (Fsp3) is 0.500. The largest absolute Gasteiger partial charge is 0.393 e. The molecule has 19 heavy (non-hydrogen) atoms. The van der Waals surface area contributed by atoms with Gasteiger partial charge in [0.25, 0.3) is 0 Å². The van der Waals surface area contributed by atoms with E-state index in [1.165, 1.54) is 22.5 Å². The van der Waals surface area contributed by atoms with Crippen molar-refractivity contribution in [2.45, 2.75) is 24.3 Å². The first kappa shape index (κ1) is 15.1. The Morgan fingerprint density at radius 2 is 2.05 bits per heavy atom. The molecule has 1 aromatic carbocycles. The average Bonchev–Trinajstić information content (AvgIpc) is 2.82. The minimum Gasteiger partial charge on any atom is -0.393 e. The van der Waals surface area contributed by atoms with Gasteiger partial charge in [0.05, 0.1) is 21.0 Å². The molecule has 0 aliphatic carbocycles. The molecule has 2 unspecified atom stereocenters. The molecule has 1 fully saturated rings. The summed E-state index contributed by atoms with van der Waals surface area (Å²) < 4.78 is 26.2. The van der Waals surface area contributed by atoms with Gasteiger partial charge in [0.1, 0.15) is 0 Å². The first-order valence-corrected chi connectivity index (χ1v) is 8.15. The van der Waals surface area contributed by atoms with E-state index in [4.69, 9.17) is 23.2 Å². The van der Waals surface area contributed by atoms with Crippen molar-refractivity contribution in [2.75, 3.05) is 13.1 Å². The van der Waals surface area contributed by atoms with E-state index in [1.54, 1.807) is 6.92 Å². The molecule has 0 amide bonds. The SMILES string of the molecule is CC(O)C1CCN(S(=O)(=O)c2ccc(Cl)c(Cl)c2)C1. The van der Waals surface area contributed by atoms with Gasteiger partial charge in [0, 0.05) is 13.1 Å². The lowest BCUT2D eigenvalue weighted by atomic mass is 10.0. The predicted octanol–water partition coefficient (Wildman–Crippen LogP) is 2.38. The van der Waals surface area contributed by atoms with Crippen LogP contribution in [0.5, 0.6) is 0 Å². The predicted molar refractivity (Wildman–Crippen MR) is 75.0 cm³/mol. The van der Waals surface area contributed by atoms with E-state index in [0.717, 1.165) is 0 Å². The van der Waals surface area contributed by atoms with Gasteiger partial charge in [-0.1, -0.05) is 23.2 Å². The van der Waals surface area contributed by atoms with E-state index in [-0.39, 0.29) is 15.8 Å². The number of sulfonamides is 1. The first-order valence-electron chi connectivity index (χ1n) is 5.95. The zero-order valence-electron chi connectivity index (χ0n) is 10.4. The summed E-state index contributed by atoms with van der Waals surface area (Å²) in [4.78, 5) is 0.133. The highest BCUT2D eigenvalue weighted by Gasteiger charge is 2.34. The molecule has 2 atom stereocenters. The van der Waals surface area contributed by atoms with Crippen molar-refractivity contribution in [3.05, 3.63) is 28.2 Å². The fourth-order valence-corrected chi connectivity index (χ4v) is 4.05. The molecule has 0 aromatic heterocycles. The van der Waals surface area contributed by atoms with Crippen LogP contribution in [0.1, 0.15) is 13.3 Å². The zero-order valence-corrected chi connectivity index (χ0v) is 12.7. The summed E-state index contributed by atoms with van der Waals surface area (Å²) >= 11 is 11.6. The Morgan fingerprint density at radius 1 is 1.37 bits per heavy atom. The van der Waals surface area contributed by atoms with Crippen LogP contribution in [-0.4, -0.2) is 37.0 Å². The smallest absolute Gasteiger partial charge is 0.243 e. The van der Waals surface area contributed by atoms with Crippen molar-refractivity contribution in [1.29, 1.82) is 0 Å². The topological polar surface area (TPSA) is 57.6 Å². The maximum atomic E-state index is 12.4. The Hall–Kier alpha value is -0.330. The average molecular weight is 324 g/mol. The third kappa shape index (κ3) is 3.06. The van der Waals surface area contributed by atoms with Crippen molar-refractivity contribution in [3.63, 3.8) is 0 Å². The zero-order chi connectivity index (χ0) is 14.2. The van der Waals surface area contributed by atoms with Crippen LogP contribution in [-0.2, 0) is 10.0 Å². The van der Waals surface area contributed by atoms with Crippen molar-refractivity contribution >= 4 is 33.2 Å². The number of halogens is 2. The number of hydrogen-bond acceptors (Lipinski definition) is 3. The Balaban J connectivity index is 2.26. The molecule has 0 spiro atoms. The molecule has 106 valence electrons. The summed E-state index contributed by atoms with van der Waals surface area (Å²) in [5.41, 5.74) is 0. The molecule has 1 aromatic rings. The normalized spacial score (nSPS) is 22.6. The van der Waals surface area contributed by atoms with Crippen molar-refractivity contribution in [3.8, 4) is 0 Å². The van der Waals surface area contributed by atoms with Gasteiger partial charge in [-0.05, 0) is 37.5 Å². The van der Waals surface area contributed by atoms with Crippen LogP contribution in [0.3, 0.4) is 0 Å². The molecule has 1 aliphatic heterocycles. The Kier molecular flexibility index (Phi) is 4.42. The van der Waals surface area contributed by atoms with Gasteiger partial charge in [-0.25, -0.2) is 8.42 Å². The Morgan fingerprint density at radius 3 is 2.58 bits per heavy atom. The van der Waals surface area contributed by atoms with Crippen LogP contribution in [0.2, 0.25) is 10.0 Å². The molecule has 0 bridgehead atoms. The highest BCUT2D eigenvalue weighted by molar-refractivity contribution is 7.89. The van der Waals surface area contributed by atoms with Crippen molar-refractivity contribution in [2.24, 2.45) is 5.92 Å². The lowest BCUT2D eigenvalue weighted by Crippen LogP contribution is -2.30. The molecule has 1 heterocycles. The number of aliphatic hydroxyl groups is 1. The molecule has 0 radical (unpaired) electrons. The minimum atomic E-state index is -3.57. The number of benzene rings is 1.